The number of hydrogen-bond acceptors (Lipinski definition) is 7. The highest BCUT2D eigenvalue weighted by molar-refractivity contribution is 6.89. The fourth-order valence-electron chi connectivity index (χ4n) is 2.95. The summed E-state index contributed by atoms with van der Waals surface area (Å²) < 4.78 is 41.2. The Labute approximate surface area is 258 Å². The molecule has 0 fully saturated rings. The first kappa shape index (κ1) is 44.9. The van der Waals surface area contributed by atoms with E-state index in [0.29, 0.717) is 0 Å². The van der Waals surface area contributed by atoms with Crippen molar-refractivity contribution in [1.82, 2.24) is 0 Å². The van der Waals surface area contributed by atoms with Gasteiger partial charge in [-0.2, -0.15) is 0 Å². The summed E-state index contributed by atoms with van der Waals surface area (Å²) in [4.78, 5) is 0. The van der Waals surface area contributed by atoms with Gasteiger partial charge in [-0.1, -0.05) is 22.8 Å². The van der Waals surface area contributed by atoms with Crippen LogP contribution in [0.15, 0.2) is 49.1 Å². The third kappa shape index (κ3) is 25.0. The van der Waals surface area contributed by atoms with Gasteiger partial charge in [0.15, 0.2) is 33.3 Å². The van der Waals surface area contributed by atoms with Crippen LogP contribution in [0.1, 0.15) is 0 Å². The Morgan fingerprint density at radius 1 is 0.475 bits per heavy atom. The molecule has 0 bridgehead atoms. The summed E-state index contributed by atoms with van der Waals surface area (Å²) in [5, 5.41) is 0. The lowest BCUT2D eigenvalue weighted by Gasteiger charge is -2.37. The topological polar surface area (TPSA) is 64.6 Å². The van der Waals surface area contributed by atoms with Crippen LogP contribution in [0, 0.1) is 0 Å². The zero-order valence-electron chi connectivity index (χ0n) is 29.1. The second-order valence-corrected chi connectivity index (χ2v) is 42.5. The lowest BCUT2D eigenvalue weighted by Crippen LogP contribution is -2.53. The lowest BCUT2D eigenvalue weighted by atomic mass is 11.3. The summed E-state index contributed by atoms with van der Waals surface area (Å²) in [6.45, 7) is 46.8. The minimum Gasteiger partial charge on any atom is -0.433 e. The highest BCUT2D eigenvalue weighted by Gasteiger charge is 2.39. The second kappa shape index (κ2) is 18.3. The second-order valence-electron chi connectivity index (χ2n) is 13.1. The lowest BCUT2D eigenvalue weighted by molar-refractivity contribution is 0.318. The van der Waals surface area contributed by atoms with Gasteiger partial charge in [0.05, 0.1) is 0 Å². The quantitative estimate of drug-likeness (QED) is 0.151. The van der Waals surface area contributed by atoms with Crippen molar-refractivity contribution < 1.29 is 29.4 Å². The first-order valence-corrected chi connectivity index (χ1v) is 36.2. The van der Waals surface area contributed by atoms with E-state index in [4.69, 9.17) is 29.4 Å². The van der Waals surface area contributed by atoms with Crippen molar-refractivity contribution in [2.75, 3.05) is 14.2 Å². The van der Waals surface area contributed by atoms with E-state index in [1.807, 2.05) is 23.6 Å². The first-order chi connectivity index (χ1) is 17.6. The van der Waals surface area contributed by atoms with Crippen molar-refractivity contribution in [2.45, 2.75) is 98.2 Å². The SMILES string of the molecule is C=C[Si](C)(C)O[Si](C)(C)O[SiH](C)O[Si](C)(C)O[Si](C)(C)C=C.C=C[Si](C)(C)O[Si](C)(C=C)OC.CO[Si](C)(C)C. The van der Waals surface area contributed by atoms with Crippen molar-refractivity contribution in [1.29, 1.82) is 0 Å². The molecule has 40 heavy (non-hydrogen) atoms. The molecule has 0 saturated carbocycles. The van der Waals surface area contributed by atoms with E-state index in [0.717, 1.165) is 0 Å². The Hall–Kier alpha value is 0.415. The highest BCUT2D eigenvalue weighted by Crippen LogP contribution is 2.21. The van der Waals surface area contributed by atoms with E-state index in [1.54, 1.807) is 19.9 Å². The van der Waals surface area contributed by atoms with Gasteiger partial charge in [0.2, 0.25) is 0 Å². The van der Waals surface area contributed by atoms with Crippen LogP contribution >= 0.6 is 0 Å². The monoisotopic (exact) mass is 700 g/mol. The van der Waals surface area contributed by atoms with Crippen LogP contribution < -0.4 is 0 Å². The Balaban J connectivity index is -0.000000631. The van der Waals surface area contributed by atoms with Gasteiger partial charge in [-0.25, -0.2) is 0 Å². The molecule has 0 amide bonds. The normalized spacial score (nSPS) is 14.7. The van der Waals surface area contributed by atoms with Crippen molar-refractivity contribution in [3.63, 3.8) is 0 Å². The van der Waals surface area contributed by atoms with E-state index < -0.39 is 68.2 Å². The molecule has 0 spiro atoms. The molecule has 1 atom stereocenters. The molecule has 0 rings (SSSR count). The molecule has 238 valence electrons. The van der Waals surface area contributed by atoms with Crippen LogP contribution in [0.5, 0.6) is 0 Å². The molecule has 0 aliphatic carbocycles. The predicted molar refractivity (Wildman–Crippen MR) is 196 cm³/mol. The molecular formula is C25H64O7Si8. The van der Waals surface area contributed by atoms with Crippen molar-refractivity contribution in [3.8, 4) is 0 Å². The van der Waals surface area contributed by atoms with Gasteiger partial charge in [-0.3, -0.25) is 0 Å². The van der Waals surface area contributed by atoms with Gasteiger partial charge in [0.1, 0.15) is 0 Å². The van der Waals surface area contributed by atoms with Gasteiger partial charge in [0.25, 0.3) is 0 Å². The standard InChI is InChI=1S/C13H34O4Si5.C8H18O2Si2.C4H12OSi/c1-12-19(4,5)16-21(8,9)14-18(3)15-22(10,11)17-20(6,7)13-2;1-7-11(4,5)10-12(6,8-2)9-3;1-5-6(2,3)4/h12-13,18H,1-2H2,3-11H3;7-8H,1-2H2,3-6H3;1-4H3. The van der Waals surface area contributed by atoms with Crippen LogP contribution in [-0.2, 0) is 29.4 Å². The zero-order valence-corrected chi connectivity index (χ0v) is 37.2. The van der Waals surface area contributed by atoms with Crippen LogP contribution in [0.3, 0.4) is 0 Å². The smallest absolute Gasteiger partial charge is 0.350 e. The minimum atomic E-state index is -2.20. The Kier molecular flexibility index (Phi) is 20.5. The molecular weight excluding hydrogens is 637 g/mol. The van der Waals surface area contributed by atoms with Crippen molar-refractivity contribution >= 4 is 68.2 Å². The maximum absolute atomic E-state index is 6.24. The fourth-order valence-corrected chi connectivity index (χ4v) is 27.4. The van der Waals surface area contributed by atoms with Crippen LogP contribution in [0.2, 0.25) is 98.2 Å². The third-order valence-corrected chi connectivity index (χ3v) is 30.0. The molecule has 0 aromatic rings. The minimum absolute atomic E-state index is 1.13. The number of rotatable bonds is 16. The summed E-state index contributed by atoms with van der Waals surface area (Å²) in [7, 11) is -11.4. The van der Waals surface area contributed by atoms with E-state index in [-0.39, 0.29) is 0 Å². The summed E-state index contributed by atoms with van der Waals surface area (Å²) in [5.74, 6) is 0. The molecule has 0 aliphatic heterocycles. The van der Waals surface area contributed by atoms with E-state index in [9.17, 15) is 0 Å². The largest absolute Gasteiger partial charge is 0.433 e. The van der Waals surface area contributed by atoms with Crippen LogP contribution in [0.4, 0.5) is 0 Å². The highest BCUT2D eigenvalue weighted by atomic mass is 28.5. The molecule has 7 nitrogen and oxygen atoms in total. The van der Waals surface area contributed by atoms with Crippen LogP contribution in [-0.4, -0.2) is 82.5 Å². The fraction of sp³-hybridized carbons (Fsp3) is 0.680. The van der Waals surface area contributed by atoms with Gasteiger partial charge in [-0.15, -0.1) is 26.3 Å². The van der Waals surface area contributed by atoms with Gasteiger partial charge in [-0.05, 0) is 98.2 Å². The molecule has 0 heterocycles. The Morgan fingerprint density at radius 3 is 0.950 bits per heavy atom. The first-order valence-electron chi connectivity index (χ1n) is 13.7. The summed E-state index contributed by atoms with van der Waals surface area (Å²) in [6.07, 6.45) is 0. The maximum atomic E-state index is 6.24. The van der Waals surface area contributed by atoms with E-state index in [2.05, 4.69) is 118 Å². The predicted octanol–water partition coefficient (Wildman–Crippen LogP) is 8.01. The average Bonchev–Trinajstić information content (AvgIpc) is 2.76. The van der Waals surface area contributed by atoms with Gasteiger partial charge >= 0.3 is 35.0 Å². The Bertz CT molecular complexity index is 748. The average molecular weight is 701 g/mol. The Morgan fingerprint density at radius 2 is 0.750 bits per heavy atom. The van der Waals surface area contributed by atoms with E-state index in [1.165, 1.54) is 0 Å². The third-order valence-electron chi connectivity index (χ3n) is 5.25. The number of hydrogen-bond donors (Lipinski definition) is 0. The van der Waals surface area contributed by atoms with Gasteiger partial charge in [0, 0.05) is 14.2 Å². The summed E-state index contributed by atoms with van der Waals surface area (Å²) in [6, 6.07) is 0. The molecule has 0 N–H and O–H groups in total. The molecule has 0 aromatic heterocycles. The van der Waals surface area contributed by atoms with Crippen molar-refractivity contribution in [2.24, 2.45) is 0 Å². The summed E-state index contributed by atoms with van der Waals surface area (Å²) >= 11 is 0. The summed E-state index contributed by atoms with van der Waals surface area (Å²) in [5.41, 5.74) is 7.59. The zero-order chi connectivity index (χ0) is 32.9. The molecule has 0 saturated heterocycles. The van der Waals surface area contributed by atoms with Gasteiger partial charge < -0.3 is 29.4 Å². The van der Waals surface area contributed by atoms with Crippen LogP contribution in [0.25, 0.3) is 0 Å². The molecule has 15 heteroatoms. The molecule has 1 unspecified atom stereocenters. The molecule has 0 aromatic carbocycles. The molecule has 0 radical (unpaired) electrons. The maximum Gasteiger partial charge on any atom is 0.350 e. The van der Waals surface area contributed by atoms with Crippen molar-refractivity contribution in [3.05, 3.63) is 49.1 Å². The molecule has 0 aliphatic rings. The van der Waals surface area contributed by atoms with E-state index >= 15 is 0 Å².